The van der Waals surface area contributed by atoms with Gasteiger partial charge in [-0.1, -0.05) is 24.3 Å². The van der Waals surface area contributed by atoms with Crippen molar-refractivity contribution in [2.45, 2.75) is 19.4 Å². The fourth-order valence-corrected chi connectivity index (χ4v) is 2.23. The first-order chi connectivity index (χ1) is 9.67. The van der Waals surface area contributed by atoms with Crippen molar-refractivity contribution in [3.8, 4) is 0 Å². The van der Waals surface area contributed by atoms with Crippen LogP contribution in [0.4, 0.5) is 0 Å². The Morgan fingerprint density at radius 3 is 2.65 bits per heavy atom. The van der Waals surface area contributed by atoms with E-state index in [1.54, 1.807) is 0 Å². The van der Waals surface area contributed by atoms with Gasteiger partial charge in [0.2, 0.25) is 11.8 Å². The molecule has 1 fully saturated rings. The van der Waals surface area contributed by atoms with E-state index >= 15 is 0 Å². The molecule has 1 aromatic rings. The summed E-state index contributed by atoms with van der Waals surface area (Å²) in [5.74, 6) is 4.98. The summed E-state index contributed by atoms with van der Waals surface area (Å²) in [4.78, 5) is 24.7. The topological polar surface area (TPSA) is 87.5 Å². The maximum atomic E-state index is 11.3. The highest BCUT2D eigenvalue weighted by molar-refractivity contribution is 5.77. The SMILES string of the molecule is NNC(=O)Cc1ccc(CN2CCNC(=O)CC2)cc1. The van der Waals surface area contributed by atoms with E-state index in [1.165, 1.54) is 5.56 Å². The Bertz CT molecular complexity index is 473. The number of nitrogens with one attached hydrogen (secondary N) is 2. The number of amides is 2. The van der Waals surface area contributed by atoms with Crippen LogP contribution in [-0.4, -0.2) is 36.3 Å². The molecule has 0 spiro atoms. The summed E-state index contributed by atoms with van der Waals surface area (Å²) >= 11 is 0. The Morgan fingerprint density at radius 1 is 1.25 bits per heavy atom. The van der Waals surface area contributed by atoms with E-state index in [0.29, 0.717) is 19.4 Å². The highest BCUT2D eigenvalue weighted by Gasteiger charge is 2.13. The molecule has 0 aromatic heterocycles. The molecule has 108 valence electrons. The second-order valence-corrected chi connectivity index (χ2v) is 4.94. The molecule has 1 heterocycles. The molecule has 0 radical (unpaired) electrons. The van der Waals surface area contributed by atoms with Crippen molar-refractivity contribution < 1.29 is 9.59 Å². The molecule has 0 bridgehead atoms. The molecule has 0 atom stereocenters. The molecule has 6 nitrogen and oxygen atoms in total. The molecule has 4 N–H and O–H groups in total. The fraction of sp³-hybridized carbons (Fsp3) is 0.429. The van der Waals surface area contributed by atoms with Gasteiger partial charge in [0.05, 0.1) is 6.42 Å². The summed E-state index contributed by atoms with van der Waals surface area (Å²) in [6.07, 6.45) is 0.841. The molecular formula is C14H20N4O2. The maximum Gasteiger partial charge on any atom is 0.238 e. The van der Waals surface area contributed by atoms with Crippen LogP contribution in [0.3, 0.4) is 0 Å². The summed E-state index contributed by atoms with van der Waals surface area (Å²) < 4.78 is 0. The van der Waals surface area contributed by atoms with Gasteiger partial charge in [0.15, 0.2) is 0 Å². The van der Waals surface area contributed by atoms with Crippen molar-refractivity contribution in [2.75, 3.05) is 19.6 Å². The molecule has 0 aliphatic carbocycles. The highest BCUT2D eigenvalue weighted by atomic mass is 16.2. The first-order valence-electron chi connectivity index (χ1n) is 6.73. The molecule has 1 aliphatic heterocycles. The summed E-state index contributed by atoms with van der Waals surface area (Å²) in [7, 11) is 0. The van der Waals surface area contributed by atoms with Gasteiger partial charge in [-0.2, -0.15) is 0 Å². The zero-order valence-electron chi connectivity index (χ0n) is 11.4. The number of carbonyl (C=O) groups is 2. The van der Waals surface area contributed by atoms with Crippen molar-refractivity contribution >= 4 is 11.8 Å². The van der Waals surface area contributed by atoms with Crippen molar-refractivity contribution in [2.24, 2.45) is 5.84 Å². The molecule has 2 amide bonds. The zero-order valence-corrected chi connectivity index (χ0v) is 11.4. The van der Waals surface area contributed by atoms with Crippen LogP contribution < -0.4 is 16.6 Å². The van der Waals surface area contributed by atoms with Crippen LogP contribution in [-0.2, 0) is 22.6 Å². The molecule has 1 saturated heterocycles. The minimum absolute atomic E-state index is 0.121. The molecule has 6 heteroatoms. The molecule has 1 aromatic carbocycles. The smallest absolute Gasteiger partial charge is 0.238 e. The maximum absolute atomic E-state index is 11.3. The summed E-state index contributed by atoms with van der Waals surface area (Å²) in [5, 5.41) is 2.86. The standard InChI is InChI=1S/C14H20N4O2/c15-17-14(20)9-11-1-3-12(4-2-11)10-18-7-5-13(19)16-6-8-18/h1-4H,5-10,15H2,(H,16,19)(H,17,20). The first kappa shape index (κ1) is 14.5. The fourth-order valence-electron chi connectivity index (χ4n) is 2.23. The lowest BCUT2D eigenvalue weighted by Crippen LogP contribution is -2.31. The Hall–Kier alpha value is -1.92. The zero-order chi connectivity index (χ0) is 14.4. The summed E-state index contributed by atoms with van der Waals surface area (Å²) in [6.45, 7) is 3.16. The number of rotatable bonds is 4. The molecule has 1 aliphatic rings. The Balaban J connectivity index is 1.89. The lowest BCUT2D eigenvalue weighted by molar-refractivity contribution is -0.121. The lowest BCUT2D eigenvalue weighted by atomic mass is 10.1. The Labute approximate surface area is 118 Å². The predicted octanol–water partition coefficient (Wildman–Crippen LogP) is -0.459. The van der Waals surface area contributed by atoms with Gasteiger partial charge in [0.1, 0.15) is 0 Å². The number of carbonyl (C=O) groups excluding carboxylic acids is 2. The van der Waals surface area contributed by atoms with Crippen molar-refractivity contribution in [1.82, 2.24) is 15.6 Å². The van der Waals surface area contributed by atoms with Gasteiger partial charge in [-0.05, 0) is 11.1 Å². The van der Waals surface area contributed by atoms with Crippen LogP contribution in [0.1, 0.15) is 17.5 Å². The molecule has 0 saturated carbocycles. The normalized spacial score (nSPS) is 16.4. The highest BCUT2D eigenvalue weighted by Crippen LogP contribution is 2.09. The molecule has 2 rings (SSSR count). The van der Waals surface area contributed by atoms with Crippen LogP contribution in [0.25, 0.3) is 0 Å². The lowest BCUT2D eigenvalue weighted by Gasteiger charge is -2.19. The largest absolute Gasteiger partial charge is 0.355 e. The number of benzene rings is 1. The molecular weight excluding hydrogens is 256 g/mol. The number of hydrazine groups is 1. The third kappa shape index (κ3) is 4.32. The average molecular weight is 276 g/mol. The van der Waals surface area contributed by atoms with Gasteiger partial charge < -0.3 is 5.32 Å². The van der Waals surface area contributed by atoms with Gasteiger partial charge in [-0.3, -0.25) is 19.9 Å². The van der Waals surface area contributed by atoms with Gasteiger partial charge in [-0.25, -0.2) is 5.84 Å². The minimum atomic E-state index is -0.199. The second kappa shape index (κ2) is 7.02. The van der Waals surface area contributed by atoms with Crippen LogP contribution >= 0.6 is 0 Å². The van der Waals surface area contributed by atoms with Crippen LogP contribution in [0.5, 0.6) is 0 Å². The van der Waals surface area contributed by atoms with Crippen LogP contribution in [0.15, 0.2) is 24.3 Å². The van der Waals surface area contributed by atoms with E-state index in [9.17, 15) is 9.59 Å². The molecule has 0 unspecified atom stereocenters. The van der Waals surface area contributed by atoms with E-state index in [4.69, 9.17) is 5.84 Å². The van der Waals surface area contributed by atoms with E-state index in [1.807, 2.05) is 24.3 Å². The van der Waals surface area contributed by atoms with Crippen molar-refractivity contribution in [3.05, 3.63) is 35.4 Å². The van der Waals surface area contributed by atoms with Crippen molar-refractivity contribution in [3.63, 3.8) is 0 Å². The van der Waals surface area contributed by atoms with Crippen molar-refractivity contribution in [1.29, 1.82) is 0 Å². The number of hydrogen-bond donors (Lipinski definition) is 3. The van der Waals surface area contributed by atoms with Gasteiger partial charge in [0, 0.05) is 32.6 Å². The van der Waals surface area contributed by atoms with E-state index in [-0.39, 0.29) is 11.8 Å². The summed E-state index contributed by atoms with van der Waals surface area (Å²) in [6, 6.07) is 7.90. The minimum Gasteiger partial charge on any atom is -0.355 e. The quantitative estimate of drug-likeness (QED) is 0.394. The number of nitrogens with two attached hydrogens (primary N) is 1. The predicted molar refractivity (Wildman–Crippen MR) is 75.4 cm³/mol. The third-order valence-corrected chi connectivity index (χ3v) is 3.36. The van der Waals surface area contributed by atoms with Crippen LogP contribution in [0, 0.1) is 0 Å². The first-order valence-corrected chi connectivity index (χ1v) is 6.73. The van der Waals surface area contributed by atoms with E-state index in [2.05, 4.69) is 15.6 Å². The second-order valence-electron chi connectivity index (χ2n) is 4.94. The Kier molecular flexibility index (Phi) is 5.09. The monoisotopic (exact) mass is 276 g/mol. The number of nitrogens with zero attached hydrogens (tertiary/aromatic N) is 1. The van der Waals surface area contributed by atoms with Gasteiger partial charge in [0.25, 0.3) is 0 Å². The third-order valence-electron chi connectivity index (χ3n) is 3.36. The van der Waals surface area contributed by atoms with E-state index < -0.39 is 0 Å². The number of hydrogen-bond acceptors (Lipinski definition) is 4. The molecule has 20 heavy (non-hydrogen) atoms. The average Bonchev–Trinajstić information content (AvgIpc) is 2.66. The van der Waals surface area contributed by atoms with E-state index in [0.717, 1.165) is 25.2 Å². The Morgan fingerprint density at radius 2 is 1.95 bits per heavy atom. The van der Waals surface area contributed by atoms with Crippen LogP contribution in [0.2, 0.25) is 0 Å². The van der Waals surface area contributed by atoms with Gasteiger partial charge >= 0.3 is 0 Å². The van der Waals surface area contributed by atoms with Gasteiger partial charge in [-0.15, -0.1) is 0 Å². The summed E-state index contributed by atoms with van der Waals surface area (Å²) in [5.41, 5.74) is 4.23.